The van der Waals surface area contributed by atoms with Gasteiger partial charge < -0.3 is 14.7 Å². The normalized spacial score (nSPS) is 18.6. The van der Waals surface area contributed by atoms with Gasteiger partial charge in [-0.1, -0.05) is 31.2 Å². The maximum Gasteiger partial charge on any atom is 0.295 e. The van der Waals surface area contributed by atoms with Crippen molar-refractivity contribution in [2.45, 2.75) is 33.2 Å². The third kappa shape index (κ3) is 3.28. The summed E-state index contributed by atoms with van der Waals surface area (Å²) < 4.78 is 5.27. The highest BCUT2D eigenvalue weighted by Crippen LogP contribution is 2.40. The van der Waals surface area contributed by atoms with Gasteiger partial charge in [0.2, 0.25) is 0 Å². The predicted molar refractivity (Wildman–Crippen MR) is 108 cm³/mol. The van der Waals surface area contributed by atoms with Crippen molar-refractivity contribution in [1.82, 2.24) is 4.90 Å². The molecule has 1 fully saturated rings. The lowest BCUT2D eigenvalue weighted by Gasteiger charge is -2.26. The van der Waals surface area contributed by atoms with Gasteiger partial charge in [-0.05, 0) is 55.2 Å². The molecule has 0 radical (unpaired) electrons. The summed E-state index contributed by atoms with van der Waals surface area (Å²) in [6.45, 7) is 6.21. The van der Waals surface area contributed by atoms with Gasteiger partial charge in [0.1, 0.15) is 11.5 Å². The molecule has 0 aliphatic carbocycles. The van der Waals surface area contributed by atoms with E-state index >= 15 is 0 Å². The first-order valence-electron chi connectivity index (χ1n) is 9.39. The Morgan fingerprint density at radius 2 is 1.82 bits per heavy atom. The smallest absolute Gasteiger partial charge is 0.295 e. The van der Waals surface area contributed by atoms with Crippen LogP contribution >= 0.6 is 0 Å². The van der Waals surface area contributed by atoms with Crippen molar-refractivity contribution in [3.8, 4) is 5.75 Å². The summed E-state index contributed by atoms with van der Waals surface area (Å²) in [5.41, 5.74) is 3.28. The molecule has 0 saturated carbocycles. The summed E-state index contributed by atoms with van der Waals surface area (Å²) in [5.74, 6) is -0.677. The van der Waals surface area contributed by atoms with Crippen molar-refractivity contribution in [3.63, 3.8) is 0 Å². The van der Waals surface area contributed by atoms with E-state index in [-0.39, 0.29) is 11.3 Å². The second-order valence-electron chi connectivity index (χ2n) is 7.03. The highest BCUT2D eigenvalue weighted by Gasteiger charge is 2.46. The average molecular weight is 379 g/mol. The average Bonchev–Trinajstić information content (AvgIpc) is 2.93. The Bertz CT molecular complexity index is 961. The van der Waals surface area contributed by atoms with Crippen molar-refractivity contribution in [2.75, 3.05) is 13.7 Å². The number of likely N-dealkylation sites (tertiary alicyclic amines) is 1. The van der Waals surface area contributed by atoms with Gasteiger partial charge in [0.25, 0.3) is 11.7 Å². The van der Waals surface area contributed by atoms with Crippen LogP contribution in [0.5, 0.6) is 5.75 Å². The van der Waals surface area contributed by atoms with Crippen LogP contribution in [0.15, 0.2) is 48.0 Å². The summed E-state index contributed by atoms with van der Waals surface area (Å²) in [6, 6.07) is 12.3. The van der Waals surface area contributed by atoms with Crippen molar-refractivity contribution in [2.24, 2.45) is 0 Å². The number of hydrogen-bond acceptors (Lipinski definition) is 4. The fraction of sp³-hybridized carbons (Fsp3) is 0.304. The second kappa shape index (κ2) is 7.89. The van der Waals surface area contributed by atoms with Crippen molar-refractivity contribution in [1.29, 1.82) is 0 Å². The van der Waals surface area contributed by atoms with Crippen LogP contribution in [-0.4, -0.2) is 35.4 Å². The number of ketones is 1. The maximum absolute atomic E-state index is 12.9. The zero-order chi connectivity index (χ0) is 20.4. The first-order chi connectivity index (χ1) is 13.4. The summed E-state index contributed by atoms with van der Waals surface area (Å²) in [6.07, 6.45) is 0.719. The lowest BCUT2D eigenvalue weighted by molar-refractivity contribution is -0.139. The van der Waals surface area contributed by atoms with E-state index in [1.807, 2.05) is 45.0 Å². The SMILES string of the molecule is CCCN1C(=O)C(=O)/C(=C(/O)c2ccc(OC)c(C)c2)C1c1ccccc1C. The van der Waals surface area contributed by atoms with E-state index in [9.17, 15) is 14.7 Å². The number of aliphatic hydroxyl groups excluding tert-OH is 1. The van der Waals surface area contributed by atoms with Crippen molar-refractivity contribution in [3.05, 3.63) is 70.3 Å². The Hall–Kier alpha value is -3.08. The van der Waals surface area contributed by atoms with Crippen LogP contribution in [0.1, 0.15) is 41.6 Å². The molecule has 0 bridgehead atoms. The second-order valence-corrected chi connectivity index (χ2v) is 7.03. The summed E-state index contributed by atoms with van der Waals surface area (Å²) in [7, 11) is 1.58. The van der Waals surface area contributed by atoms with E-state index in [0.29, 0.717) is 17.9 Å². The summed E-state index contributed by atoms with van der Waals surface area (Å²) in [5, 5.41) is 11.0. The number of nitrogens with zero attached hydrogens (tertiary/aromatic N) is 1. The van der Waals surface area contributed by atoms with Crippen LogP contribution in [0.4, 0.5) is 0 Å². The van der Waals surface area contributed by atoms with Gasteiger partial charge in [0, 0.05) is 12.1 Å². The number of ether oxygens (including phenoxy) is 1. The first-order valence-corrected chi connectivity index (χ1v) is 9.39. The molecule has 0 spiro atoms. The number of carbonyl (C=O) groups is 2. The van der Waals surface area contributed by atoms with Crippen molar-refractivity contribution >= 4 is 17.4 Å². The molecule has 5 heteroatoms. The largest absolute Gasteiger partial charge is 0.507 e. The number of hydrogen-bond donors (Lipinski definition) is 1. The zero-order valence-electron chi connectivity index (χ0n) is 16.7. The number of aliphatic hydroxyl groups is 1. The third-order valence-electron chi connectivity index (χ3n) is 5.16. The van der Waals surface area contributed by atoms with Gasteiger partial charge in [0.15, 0.2) is 0 Å². The molecule has 1 unspecified atom stereocenters. The molecule has 28 heavy (non-hydrogen) atoms. The van der Waals surface area contributed by atoms with Crippen LogP contribution < -0.4 is 4.74 Å². The lowest BCUT2D eigenvalue weighted by atomic mass is 9.92. The minimum Gasteiger partial charge on any atom is -0.507 e. The minimum absolute atomic E-state index is 0.136. The molecule has 1 saturated heterocycles. The van der Waals surface area contributed by atoms with Gasteiger partial charge in [-0.2, -0.15) is 0 Å². The Morgan fingerprint density at radius 1 is 1.11 bits per heavy atom. The topological polar surface area (TPSA) is 66.8 Å². The minimum atomic E-state index is -0.646. The van der Waals surface area contributed by atoms with Crippen LogP contribution in [0, 0.1) is 13.8 Å². The molecule has 3 rings (SSSR count). The van der Waals surface area contributed by atoms with E-state index in [0.717, 1.165) is 23.1 Å². The van der Waals surface area contributed by atoms with E-state index < -0.39 is 17.7 Å². The van der Waals surface area contributed by atoms with Crippen molar-refractivity contribution < 1.29 is 19.4 Å². The van der Waals surface area contributed by atoms with Crippen LogP contribution in [0.25, 0.3) is 5.76 Å². The standard InChI is InChI=1S/C23H25NO4/c1-5-12-24-20(17-9-7-6-8-14(17)2)19(22(26)23(24)27)21(25)16-10-11-18(28-4)15(3)13-16/h6-11,13,20,25H,5,12H2,1-4H3/b21-19+. The molecule has 1 amide bonds. The molecule has 1 aliphatic heterocycles. The molecule has 2 aromatic rings. The molecular formula is C23H25NO4. The molecule has 146 valence electrons. The number of methoxy groups -OCH3 is 1. The number of rotatable bonds is 5. The van der Waals surface area contributed by atoms with Gasteiger partial charge >= 0.3 is 0 Å². The quantitative estimate of drug-likeness (QED) is 0.482. The number of benzene rings is 2. The molecule has 2 aromatic carbocycles. The summed E-state index contributed by atoms with van der Waals surface area (Å²) in [4.78, 5) is 27.2. The molecule has 0 aromatic heterocycles. The number of Topliss-reactive ketones (excluding diaryl/α,β-unsaturated/α-hetero) is 1. The maximum atomic E-state index is 12.9. The fourth-order valence-corrected chi connectivity index (χ4v) is 3.75. The fourth-order valence-electron chi connectivity index (χ4n) is 3.75. The highest BCUT2D eigenvalue weighted by atomic mass is 16.5. The van der Waals surface area contributed by atoms with E-state index in [1.165, 1.54) is 0 Å². The van der Waals surface area contributed by atoms with Gasteiger partial charge in [-0.15, -0.1) is 0 Å². The molecule has 5 nitrogen and oxygen atoms in total. The Kier molecular flexibility index (Phi) is 5.54. The number of aryl methyl sites for hydroxylation is 2. The monoisotopic (exact) mass is 379 g/mol. The molecule has 1 heterocycles. The molecule has 1 aliphatic rings. The molecular weight excluding hydrogens is 354 g/mol. The van der Waals surface area contributed by atoms with Gasteiger partial charge in [0.05, 0.1) is 18.7 Å². The lowest BCUT2D eigenvalue weighted by Crippen LogP contribution is -2.30. The van der Waals surface area contributed by atoms with Crippen LogP contribution in [0.2, 0.25) is 0 Å². The number of amides is 1. The Morgan fingerprint density at radius 3 is 2.43 bits per heavy atom. The Balaban J connectivity index is 2.21. The molecule has 1 atom stereocenters. The molecule has 1 N–H and O–H groups in total. The van der Waals surface area contributed by atoms with E-state index in [4.69, 9.17) is 4.74 Å². The van der Waals surface area contributed by atoms with Gasteiger partial charge in [-0.25, -0.2) is 0 Å². The Labute approximate surface area is 165 Å². The highest BCUT2D eigenvalue weighted by molar-refractivity contribution is 6.46. The zero-order valence-corrected chi connectivity index (χ0v) is 16.7. The number of carbonyl (C=O) groups excluding carboxylic acids is 2. The summed E-state index contributed by atoms with van der Waals surface area (Å²) >= 11 is 0. The first kappa shape index (κ1) is 19.7. The third-order valence-corrected chi connectivity index (χ3v) is 5.16. The van der Waals surface area contributed by atoms with Crippen LogP contribution in [-0.2, 0) is 9.59 Å². The van der Waals surface area contributed by atoms with E-state index in [1.54, 1.807) is 30.2 Å². The predicted octanol–water partition coefficient (Wildman–Crippen LogP) is 4.14. The van der Waals surface area contributed by atoms with Crippen LogP contribution in [0.3, 0.4) is 0 Å². The van der Waals surface area contributed by atoms with E-state index in [2.05, 4.69) is 0 Å². The van der Waals surface area contributed by atoms with Gasteiger partial charge in [-0.3, -0.25) is 9.59 Å².